The van der Waals surface area contributed by atoms with Gasteiger partial charge in [0.25, 0.3) is 11.5 Å². The smallest absolute Gasteiger partial charge is 0.256 e. The molecule has 8 heteroatoms. The molecular weight excluding hydrogens is 370 g/mol. The molecule has 0 spiro atoms. The number of nitrogens with zero attached hydrogens (tertiary/aromatic N) is 5. The van der Waals surface area contributed by atoms with E-state index in [9.17, 15) is 14.7 Å². The summed E-state index contributed by atoms with van der Waals surface area (Å²) in [5, 5.41) is 14.2. The van der Waals surface area contributed by atoms with Crippen molar-refractivity contribution in [2.75, 3.05) is 19.7 Å². The Kier molecular flexibility index (Phi) is 4.28. The van der Waals surface area contributed by atoms with Crippen LogP contribution < -0.4 is 5.56 Å². The summed E-state index contributed by atoms with van der Waals surface area (Å²) in [6, 6.07) is 12.3. The fourth-order valence-electron chi connectivity index (χ4n) is 4.80. The maximum atomic E-state index is 13.5. The van der Waals surface area contributed by atoms with Gasteiger partial charge in [0.2, 0.25) is 0 Å². The normalized spacial score (nSPS) is 22.9. The van der Waals surface area contributed by atoms with E-state index in [2.05, 4.69) is 10.1 Å². The number of hydrogen-bond donors (Lipinski definition) is 1. The lowest BCUT2D eigenvalue weighted by Crippen LogP contribution is -2.52. The van der Waals surface area contributed by atoms with Gasteiger partial charge in [-0.2, -0.15) is 5.10 Å². The Morgan fingerprint density at radius 1 is 1.14 bits per heavy atom. The molecule has 2 bridgehead atoms. The molecule has 1 amide bonds. The quantitative estimate of drug-likeness (QED) is 0.725. The lowest BCUT2D eigenvalue weighted by molar-refractivity contribution is 0.0437. The van der Waals surface area contributed by atoms with Gasteiger partial charge in [-0.15, -0.1) is 0 Å². The van der Waals surface area contributed by atoms with E-state index in [0.717, 1.165) is 12.1 Å². The van der Waals surface area contributed by atoms with Gasteiger partial charge < -0.3 is 14.6 Å². The van der Waals surface area contributed by atoms with Crippen LogP contribution >= 0.6 is 0 Å². The Morgan fingerprint density at radius 3 is 2.79 bits per heavy atom. The van der Waals surface area contributed by atoms with Crippen molar-refractivity contribution in [3.05, 3.63) is 76.7 Å². The Balaban J connectivity index is 1.51. The molecule has 2 aliphatic heterocycles. The first-order valence-corrected chi connectivity index (χ1v) is 9.73. The van der Waals surface area contributed by atoms with Crippen LogP contribution in [0.5, 0.6) is 0 Å². The van der Waals surface area contributed by atoms with E-state index in [4.69, 9.17) is 0 Å². The first-order valence-electron chi connectivity index (χ1n) is 9.73. The molecule has 148 valence electrons. The average molecular weight is 391 g/mol. The van der Waals surface area contributed by atoms with Gasteiger partial charge in [0.05, 0.1) is 23.9 Å². The summed E-state index contributed by atoms with van der Waals surface area (Å²) in [4.78, 5) is 31.7. The zero-order chi connectivity index (χ0) is 20.0. The van der Waals surface area contributed by atoms with Gasteiger partial charge in [-0.3, -0.25) is 9.59 Å². The summed E-state index contributed by atoms with van der Waals surface area (Å²) < 4.78 is 3.31. The molecule has 1 saturated heterocycles. The number of pyridine rings is 1. The molecule has 1 N–H and O–H groups in total. The highest BCUT2D eigenvalue weighted by Gasteiger charge is 2.41. The number of amides is 1. The highest BCUT2D eigenvalue weighted by molar-refractivity contribution is 5.97. The van der Waals surface area contributed by atoms with Crippen LogP contribution in [0.4, 0.5) is 0 Å². The van der Waals surface area contributed by atoms with Gasteiger partial charge in [0, 0.05) is 36.7 Å². The number of piperidine rings is 1. The van der Waals surface area contributed by atoms with Crippen LogP contribution in [-0.2, 0) is 0 Å². The zero-order valence-electron chi connectivity index (χ0n) is 15.8. The van der Waals surface area contributed by atoms with E-state index >= 15 is 0 Å². The summed E-state index contributed by atoms with van der Waals surface area (Å²) in [6.45, 7) is 0.932. The molecule has 8 nitrogen and oxygen atoms in total. The number of benzene rings is 1. The minimum absolute atomic E-state index is 0.0360. The van der Waals surface area contributed by atoms with Gasteiger partial charge in [0.1, 0.15) is 12.7 Å². The third kappa shape index (κ3) is 2.87. The van der Waals surface area contributed by atoms with Crippen molar-refractivity contribution >= 4 is 5.91 Å². The molecule has 2 aromatic heterocycles. The van der Waals surface area contributed by atoms with E-state index in [-0.39, 0.29) is 36.0 Å². The first kappa shape index (κ1) is 17.8. The van der Waals surface area contributed by atoms with E-state index in [0.29, 0.717) is 24.3 Å². The molecule has 4 heterocycles. The number of carbonyl (C=O) groups excluding carboxylic acids is 1. The molecule has 1 fully saturated rings. The van der Waals surface area contributed by atoms with Crippen LogP contribution in [0.15, 0.2) is 59.9 Å². The predicted octanol–water partition coefficient (Wildman–Crippen LogP) is 1.22. The van der Waals surface area contributed by atoms with Crippen molar-refractivity contribution < 1.29 is 9.90 Å². The Labute approximate surface area is 167 Å². The van der Waals surface area contributed by atoms with Crippen molar-refractivity contribution in [2.45, 2.75) is 18.4 Å². The fourth-order valence-corrected chi connectivity index (χ4v) is 4.80. The zero-order valence-corrected chi connectivity index (χ0v) is 15.8. The number of para-hydroxylation sites is 1. The minimum atomic E-state index is -0.309. The predicted molar refractivity (Wildman–Crippen MR) is 105 cm³/mol. The summed E-state index contributed by atoms with van der Waals surface area (Å²) in [5.41, 5.74) is 2.05. The molecule has 5 rings (SSSR count). The number of aliphatic hydroxyl groups excluding tert-OH is 1. The second-order valence-electron chi connectivity index (χ2n) is 7.67. The monoisotopic (exact) mass is 391 g/mol. The number of carbonyl (C=O) groups is 1. The number of aliphatic hydroxyl groups is 1. The third-order valence-corrected chi connectivity index (χ3v) is 6.07. The van der Waals surface area contributed by atoms with Crippen LogP contribution in [0.2, 0.25) is 0 Å². The molecule has 29 heavy (non-hydrogen) atoms. The van der Waals surface area contributed by atoms with Crippen molar-refractivity contribution in [3.63, 3.8) is 0 Å². The number of rotatable bonds is 3. The van der Waals surface area contributed by atoms with Gasteiger partial charge >= 0.3 is 0 Å². The number of likely N-dealkylation sites (tertiary alicyclic amines) is 1. The Bertz CT molecular complexity index is 1110. The SMILES string of the molecule is O=C(c1ccccc1-n1cncn1)N1C[C@H]2C[C@@H](C1)[C@H](CO)n1c2cccc1=O. The lowest BCUT2D eigenvalue weighted by Gasteiger charge is -2.46. The van der Waals surface area contributed by atoms with Crippen LogP contribution in [0.1, 0.15) is 34.4 Å². The topological polar surface area (TPSA) is 93.2 Å². The van der Waals surface area contributed by atoms with Crippen LogP contribution in [0.3, 0.4) is 0 Å². The molecule has 1 aromatic carbocycles. The third-order valence-electron chi connectivity index (χ3n) is 6.07. The van der Waals surface area contributed by atoms with Gasteiger partial charge in [-0.1, -0.05) is 18.2 Å². The number of aromatic nitrogens is 4. The van der Waals surface area contributed by atoms with Crippen molar-refractivity contribution in [1.82, 2.24) is 24.2 Å². The molecular formula is C21H21N5O3. The van der Waals surface area contributed by atoms with Crippen LogP contribution in [0.25, 0.3) is 5.69 Å². The van der Waals surface area contributed by atoms with Crippen LogP contribution in [0, 0.1) is 5.92 Å². The molecule has 0 radical (unpaired) electrons. The molecule has 0 unspecified atom stereocenters. The van der Waals surface area contributed by atoms with Crippen molar-refractivity contribution in [2.24, 2.45) is 5.92 Å². The van der Waals surface area contributed by atoms with E-state index in [1.807, 2.05) is 29.2 Å². The highest BCUT2D eigenvalue weighted by atomic mass is 16.3. The van der Waals surface area contributed by atoms with E-state index in [1.165, 1.54) is 12.4 Å². The largest absolute Gasteiger partial charge is 0.394 e. The first-order chi connectivity index (χ1) is 14.2. The second kappa shape index (κ2) is 6.97. The standard InChI is InChI=1S/C21H21N5O3/c27-11-19-15-8-14(17-6-3-7-20(28)26(17)19)9-24(10-15)21(29)16-4-1-2-5-18(16)25-13-22-12-23-25/h1-7,12-15,19,27H,8-11H2/t14-,15+,19+/m1/s1. The second-order valence-corrected chi connectivity index (χ2v) is 7.67. The van der Waals surface area contributed by atoms with Crippen LogP contribution in [-0.4, -0.2) is 54.9 Å². The minimum Gasteiger partial charge on any atom is -0.394 e. The summed E-state index contributed by atoms with van der Waals surface area (Å²) in [5.74, 6) is 0.0379. The molecule has 0 saturated carbocycles. The molecule has 2 aliphatic rings. The fraction of sp³-hybridized carbons (Fsp3) is 0.333. The molecule has 0 aliphatic carbocycles. The highest BCUT2D eigenvalue weighted by Crippen LogP contribution is 2.41. The van der Waals surface area contributed by atoms with E-state index in [1.54, 1.807) is 27.7 Å². The Hall–Kier alpha value is -3.26. The van der Waals surface area contributed by atoms with Crippen molar-refractivity contribution in [1.29, 1.82) is 0 Å². The number of hydrogen-bond acceptors (Lipinski definition) is 5. The molecule has 3 atom stereocenters. The van der Waals surface area contributed by atoms with Crippen molar-refractivity contribution in [3.8, 4) is 5.69 Å². The Morgan fingerprint density at radius 2 is 2.00 bits per heavy atom. The average Bonchev–Trinajstić information content (AvgIpc) is 3.29. The summed E-state index contributed by atoms with van der Waals surface area (Å²) in [7, 11) is 0. The maximum absolute atomic E-state index is 13.5. The van der Waals surface area contributed by atoms with Gasteiger partial charge in [-0.25, -0.2) is 9.67 Å². The maximum Gasteiger partial charge on any atom is 0.256 e. The van der Waals surface area contributed by atoms with Gasteiger partial charge in [0.15, 0.2) is 0 Å². The molecule has 3 aromatic rings. The summed E-state index contributed by atoms with van der Waals surface area (Å²) >= 11 is 0. The van der Waals surface area contributed by atoms with Gasteiger partial charge in [-0.05, 0) is 24.6 Å². The number of fused-ring (bicyclic) bond motifs is 4. The lowest BCUT2D eigenvalue weighted by atomic mass is 9.78. The van der Waals surface area contributed by atoms with E-state index < -0.39 is 0 Å². The summed E-state index contributed by atoms with van der Waals surface area (Å²) in [6.07, 6.45) is 3.87.